The van der Waals surface area contributed by atoms with Crippen LogP contribution in [0.5, 0.6) is 0 Å². The summed E-state index contributed by atoms with van der Waals surface area (Å²) in [4.78, 5) is 25.6. The van der Waals surface area contributed by atoms with Gasteiger partial charge in [-0.15, -0.1) is 0 Å². The van der Waals surface area contributed by atoms with Crippen LogP contribution in [0.3, 0.4) is 0 Å². The molecule has 2 aromatic rings. The van der Waals surface area contributed by atoms with Crippen LogP contribution < -0.4 is 5.32 Å². The van der Waals surface area contributed by atoms with E-state index in [0.717, 1.165) is 4.47 Å². The van der Waals surface area contributed by atoms with Crippen LogP contribution in [0.4, 0.5) is 5.69 Å². The Kier molecular flexibility index (Phi) is 4.06. The van der Waals surface area contributed by atoms with Crippen LogP contribution >= 0.6 is 31.9 Å². The number of nitrogens with one attached hydrogen (secondary N) is 2. The molecule has 0 saturated heterocycles. The molecule has 1 aromatic carbocycles. The Balaban J connectivity index is 2.23. The monoisotopic (exact) mass is 386 g/mol. The van der Waals surface area contributed by atoms with Crippen LogP contribution in [0.1, 0.15) is 20.8 Å². The summed E-state index contributed by atoms with van der Waals surface area (Å²) in [7, 11) is 0. The number of aromatic amines is 1. The quantitative estimate of drug-likeness (QED) is 0.753. The van der Waals surface area contributed by atoms with E-state index in [1.165, 1.54) is 12.1 Å². The van der Waals surface area contributed by atoms with Crippen LogP contribution in [0.2, 0.25) is 0 Å². The van der Waals surface area contributed by atoms with Gasteiger partial charge in [0.05, 0.1) is 5.56 Å². The number of carbonyl (C=O) groups is 2. The predicted molar refractivity (Wildman–Crippen MR) is 77.5 cm³/mol. The maximum Gasteiger partial charge on any atom is 0.335 e. The fourth-order valence-electron chi connectivity index (χ4n) is 1.48. The molecule has 0 bridgehead atoms. The molecule has 19 heavy (non-hydrogen) atoms. The molecule has 0 radical (unpaired) electrons. The Hall–Kier alpha value is -1.60. The first-order valence-electron chi connectivity index (χ1n) is 5.15. The van der Waals surface area contributed by atoms with E-state index in [9.17, 15) is 9.59 Å². The molecule has 0 aliphatic heterocycles. The molecule has 1 amide bonds. The molecule has 0 atom stereocenters. The molecule has 98 valence electrons. The largest absolute Gasteiger partial charge is 0.478 e. The van der Waals surface area contributed by atoms with Crippen molar-refractivity contribution in [2.45, 2.75) is 0 Å². The van der Waals surface area contributed by atoms with Crippen LogP contribution in [0.25, 0.3) is 0 Å². The normalized spacial score (nSPS) is 10.2. The number of carbonyl (C=O) groups excluding carboxylic acids is 1. The highest BCUT2D eigenvalue weighted by Crippen LogP contribution is 2.20. The van der Waals surface area contributed by atoms with Crippen molar-refractivity contribution in [3.05, 3.63) is 50.7 Å². The van der Waals surface area contributed by atoms with Gasteiger partial charge in [0, 0.05) is 20.8 Å². The van der Waals surface area contributed by atoms with Crippen molar-refractivity contribution in [3.8, 4) is 0 Å². The molecule has 1 heterocycles. The number of aromatic carboxylic acids is 1. The van der Waals surface area contributed by atoms with Gasteiger partial charge in [0.15, 0.2) is 0 Å². The molecule has 0 aliphatic rings. The number of halogens is 2. The van der Waals surface area contributed by atoms with Crippen molar-refractivity contribution in [1.82, 2.24) is 4.98 Å². The fraction of sp³-hybridized carbons (Fsp3) is 0. The maximum absolute atomic E-state index is 11.9. The first-order valence-corrected chi connectivity index (χ1v) is 6.73. The molecule has 1 aromatic heterocycles. The topological polar surface area (TPSA) is 82.2 Å². The van der Waals surface area contributed by atoms with Gasteiger partial charge in [-0.2, -0.15) is 0 Å². The number of hydrogen-bond acceptors (Lipinski definition) is 2. The molecule has 0 saturated carbocycles. The number of carboxylic acids is 1. The van der Waals surface area contributed by atoms with Crippen molar-refractivity contribution in [3.63, 3.8) is 0 Å². The first kappa shape index (κ1) is 13.8. The summed E-state index contributed by atoms with van der Waals surface area (Å²) in [5, 5.41) is 11.6. The van der Waals surface area contributed by atoms with Crippen molar-refractivity contribution in [2.24, 2.45) is 0 Å². The van der Waals surface area contributed by atoms with Gasteiger partial charge in [0.1, 0.15) is 5.69 Å². The van der Waals surface area contributed by atoms with Gasteiger partial charge in [0.2, 0.25) is 0 Å². The molecular formula is C12H8Br2N2O3. The van der Waals surface area contributed by atoms with Crippen LogP contribution in [-0.4, -0.2) is 22.0 Å². The number of carboxylic acid groups (broad SMARTS) is 1. The third-order valence-electron chi connectivity index (χ3n) is 2.30. The number of anilines is 1. The Bertz CT molecular complexity index is 652. The van der Waals surface area contributed by atoms with Gasteiger partial charge in [-0.3, -0.25) is 4.79 Å². The minimum atomic E-state index is -1.06. The minimum Gasteiger partial charge on any atom is -0.478 e. The zero-order valence-electron chi connectivity index (χ0n) is 9.41. The molecule has 5 nitrogen and oxygen atoms in total. The SMILES string of the molecule is O=C(O)c1cc(Br)cc(NC(=O)c2cc(Br)c[nH]2)c1. The number of amides is 1. The molecule has 2 rings (SSSR count). The summed E-state index contributed by atoms with van der Waals surface area (Å²) in [6.45, 7) is 0. The Labute approximate surface area is 125 Å². The summed E-state index contributed by atoms with van der Waals surface area (Å²) in [5.41, 5.74) is 0.878. The maximum atomic E-state index is 11.9. The molecule has 7 heteroatoms. The molecular weight excluding hydrogens is 380 g/mol. The third kappa shape index (κ3) is 3.45. The third-order valence-corrected chi connectivity index (χ3v) is 3.21. The van der Waals surface area contributed by atoms with E-state index in [0.29, 0.717) is 15.9 Å². The number of benzene rings is 1. The lowest BCUT2D eigenvalue weighted by atomic mass is 10.2. The standard InChI is InChI=1S/C12H8Br2N2O3/c13-7-1-6(12(18)19)2-9(3-7)16-11(17)10-4-8(14)5-15-10/h1-5,15H,(H,16,17)(H,18,19). The van der Waals surface area contributed by atoms with E-state index in [-0.39, 0.29) is 11.5 Å². The average Bonchev–Trinajstić information content (AvgIpc) is 2.75. The summed E-state index contributed by atoms with van der Waals surface area (Å²) < 4.78 is 1.34. The Morgan fingerprint density at radius 2 is 1.84 bits per heavy atom. The minimum absolute atomic E-state index is 0.0948. The van der Waals surface area contributed by atoms with Gasteiger partial charge in [-0.1, -0.05) is 15.9 Å². The number of rotatable bonds is 3. The Morgan fingerprint density at radius 1 is 1.11 bits per heavy atom. The highest BCUT2D eigenvalue weighted by Gasteiger charge is 2.11. The van der Waals surface area contributed by atoms with Crippen LogP contribution in [0.15, 0.2) is 39.4 Å². The molecule has 0 fully saturated rings. The van der Waals surface area contributed by atoms with Gasteiger partial charge >= 0.3 is 5.97 Å². The van der Waals surface area contributed by atoms with E-state index in [4.69, 9.17) is 5.11 Å². The second-order valence-corrected chi connectivity index (χ2v) is 5.55. The van der Waals surface area contributed by atoms with Gasteiger partial charge in [0.25, 0.3) is 5.91 Å². The highest BCUT2D eigenvalue weighted by molar-refractivity contribution is 9.10. The number of H-pyrrole nitrogens is 1. The highest BCUT2D eigenvalue weighted by atomic mass is 79.9. The summed E-state index contributed by atoms with van der Waals surface area (Å²) in [6, 6.07) is 6.11. The zero-order chi connectivity index (χ0) is 14.0. The van der Waals surface area contributed by atoms with Crippen molar-refractivity contribution in [2.75, 3.05) is 5.32 Å². The molecule has 3 N–H and O–H groups in total. The van der Waals surface area contributed by atoms with Gasteiger partial charge in [-0.05, 0) is 40.2 Å². The van der Waals surface area contributed by atoms with Crippen molar-refractivity contribution >= 4 is 49.4 Å². The van der Waals surface area contributed by atoms with E-state index >= 15 is 0 Å². The smallest absolute Gasteiger partial charge is 0.335 e. The van der Waals surface area contributed by atoms with E-state index < -0.39 is 5.97 Å². The molecule has 0 unspecified atom stereocenters. The summed E-state index contributed by atoms with van der Waals surface area (Å²) >= 11 is 6.43. The average molecular weight is 388 g/mol. The predicted octanol–water partition coefficient (Wildman–Crippen LogP) is 3.49. The van der Waals surface area contributed by atoms with Crippen LogP contribution in [-0.2, 0) is 0 Å². The lowest BCUT2D eigenvalue weighted by Gasteiger charge is -2.06. The number of hydrogen-bond donors (Lipinski definition) is 3. The fourth-order valence-corrected chi connectivity index (χ4v) is 2.32. The Morgan fingerprint density at radius 3 is 2.42 bits per heavy atom. The summed E-state index contributed by atoms with van der Waals surface area (Å²) in [5.74, 6) is -1.40. The second-order valence-electron chi connectivity index (χ2n) is 3.72. The molecule has 0 aliphatic carbocycles. The molecule has 0 spiro atoms. The first-order chi connectivity index (χ1) is 8.95. The zero-order valence-corrected chi connectivity index (χ0v) is 12.6. The van der Waals surface area contributed by atoms with E-state index in [1.807, 2.05) is 0 Å². The van der Waals surface area contributed by atoms with Crippen molar-refractivity contribution < 1.29 is 14.7 Å². The van der Waals surface area contributed by atoms with Crippen LogP contribution in [0, 0.1) is 0 Å². The second kappa shape index (κ2) is 5.58. The van der Waals surface area contributed by atoms with Crippen molar-refractivity contribution in [1.29, 1.82) is 0 Å². The summed E-state index contributed by atoms with van der Waals surface area (Å²) in [6.07, 6.45) is 1.64. The van der Waals surface area contributed by atoms with Gasteiger partial charge < -0.3 is 15.4 Å². The van der Waals surface area contributed by atoms with Gasteiger partial charge in [-0.25, -0.2) is 4.79 Å². The van der Waals surface area contributed by atoms with E-state index in [2.05, 4.69) is 42.2 Å². The number of aromatic nitrogens is 1. The lowest BCUT2D eigenvalue weighted by Crippen LogP contribution is -2.12. The lowest BCUT2D eigenvalue weighted by molar-refractivity contribution is 0.0696. The van der Waals surface area contributed by atoms with E-state index in [1.54, 1.807) is 18.3 Å².